The Bertz CT molecular complexity index is 2290. The molecule has 8 rings (SSSR count). The molecule has 5 heterocycles. The van der Waals surface area contributed by atoms with Gasteiger partial charge in [0.25, 0.3) is 0 Å². The highest BCUT2D eigenvalue weighted by atomic mass is 16.4. The zero-order valence-electron chi connectivity index (χ0n) is 29.3. The second-order valence-corrected chi connectivity index (χ2v) is 14.4. The molecule has 2 unspecified atom stereocenters. The van der Waals surface area contributed by atoms with Crippen molar-refractivity contribution >= 4 is 39.4 Å². The van der Waals surface area contributed by atoms with Crippen molar-refractivity contribution < 1.29 is 19.4 Å². The molecule has 52 heavy (non-hydrogen) atoms. The van der Waals surface area contributed by atoms with Gasteiger partial charge < -0.3 is 19.9 Å². The van der Waals surface area contributed by atoms with E-state index in [1.165, 1.54) is 0 Å². The summed E-state index contributed by atoms with van der Waals surface area (Å²) in [5, 5.41) is 34.7. The number of nitrogens with zero attached hydrogens (tertiary/aromatic N) is 6. The molecule has 4 atom stereocenters. The van der Waals surface area contributed by atoms with Crippen LogP contribution in [0.3, 0.4) is 0 Å². The first kappa shape index (κ1) is 33.7. The molecule has 3 aliphatic rings. The van der Waals surface area contributed by atoms with Gasteiger partial charge in [0.2, 0.25) is 5.89 Å². The quantitative estimate of drug-likeness (QED) is 0.166. The molecule has 2 fully saturated rings. The van der Waals surface area contributed by atoms with Crippen molar-refractivity contribution in [1.29, 1.82) is 5.26 Å². The van der Waals surface area contributed by atoms with Crippen molar-refractivity contribution in [2.45, 2.75) is 51.4 Å². The number of hydrogen-bond acceptors (Lipinski definition) is 10. The number of rotatable bonds is 9. The SMILES string of the molecule is Cc1ccccc1C1=CC=CC(Nc2nccc3c(CN4CC[C@H](O)C4)ccnc23)(c2nc3cc(CN4CC[C@@H](C(=O)O)C4)cc(C#N)c3o2)C1C. The van der Waals surface area contributed by atoms with Crippen LogP contribution in [0.4, 0.5) is 5.82 Å². The van der Waals surface area contributed by atoms with Gasteiger partial charge in [0.15, 0.2) is 11.4 Å². The number of aliphatic hydroxyl groups excluding tert-OH is 1. The fourth-order valence-corrected chi connectivity index (χ4v) is 8.15. The van der Waals surface area contributed by atoms with E-state index in [0.717, 1.165) is 46.2 Å². The van der Waals surface area contributed by atoms with Crippen LogP contribution in [-0.4, -0.2) is 73.2 Å². The van der Waals surface area contributed by atoms with E-state index in [0.29, 0.717) is 73.0 Å². The van der Waals surface area contributed by atoms with E-state index in [1.54, 1.807) is 6.20 Å². The number of pyridine rings is 2. The summed E-state index contributed by atoms with van der Waals surface area (Å²) in [6.07, 6.45) is 10.9. The van der Waals surface area contributed by atoms with E-state index in [4.69, 9.17) is 19.4 Å². The predicted molar refractivity (Wildman–Crippen MR) is 198 cm³/mol. The maximum atomic E-state index is 11.6. The fraction of sp³-hybridized carbons (Fsp3) is 0.341. The number of carboxylic acid groups (broad SMARTS) is 1. The predicted octanol–water partition coefficient (Wildman–Crippen LogP) is 6.02. The third kappa shape index (κ3) is 6.13. The monoisotopic (exact) mass is 695 g/mol. The summed E-state index contributed by atoms with van der Waals surface area (Å²) >= 11 is 0. The number of allylic oxidation sites excluding steroid dienone is 2. The Kier molecular flexibility index (Phi) is 8.83. The lowest BCUT2D eigenvalue weighted by Crippen LogP contribution is -2.42. The second-order valence-electron chi connectivity index (χ2n) is 14.4. The number of carbonyl (C=O) groups is 1. The number of hydrogen-bond donors (Lipinski definition) is 3. The van der Waals surface area contributed by atoms with Crippen LogP contribution in [0.5, 0.6) is 0 Å². The summed E-state index contributed by atoms with van der Waals surface area (Å²) in [6, 6.07) is 18.4. The van der Waals surface area contributed by atoms with Crippen molar-refractivity contribution in [2.75, 3.05) is 31.5 Å². The summed E-state index contributed by atoms with van der Waals surface area (Å²) < 4.78 is 6.65. The summed E-state index contributed by atoms with van der Waals surface area (Å²) in [5.41, 5.74) is 6.37. The molecule has 5 aromatic rings. The normalized spacial score (nSPS) is 23.7. The zero-order valence-corrected chi connectivity index (χ0v) is 29.3. The molecule has 0 spiro atoms. The Hall–Kier alpha value is -5.41. The Morgan fingerprint density at radius 3 is 2.65 bits per heavy atom. The molecule has 11 nitrogen and oxygen atoms in total. The molecule has 11 heteroatoms. The van der Waals surface area contributed by atoms with Crippen molar-refractivity contribution in [2.24, 2.45) is 11.8 Å². The molecular formula is C41H41N7O4. The molecular weight excluding hydrogens is 654 g/mol. The average Bonchev–Trinajstić information content (AvgIpc) is 3.90. The molecule has 0 amide bonds. The highest BCUT2D eigenvalue weighted by molar-refractivity contribution is 5.91. The minimum Gasteiger partial charge on any atom is -0.481 e. The lowest BCUT2D eigenvalue weighted by molar-refractivity contribution is -0.141. The van der Waals surface area contributed by atoms with Gasteiger partial charge in [-0.05, 0) is 84.5 Å². The molecule has 3 N–H and O–H groups in total. The van der Waals surface area contributed by atoms with E-state index in [2.05, 4.69) is 59.3 Å². The Labute approximate surface area is 301 Å². The van der Waals surface area contributed by atoms with Crippen molar-refractivity contribution in [3.63, 3.8) is 0 Å². The largest absolute Gasteiger partial charge is 0.481 e. The lowest BCUT2D eigenvalue weighted by atomic mass is 9.73. The van der Waals surface area contributed by atoms with Gasteiger partial charge in [-0.25, -0.2) is 9.97 Å². The number of anilines is 1. The molecule has 2 aromatic carbocycles. The maximum Gasteiger partial charge on any atom is 0.307 e. The lowest BCUT2D eigenvalue weighted by Gasteiger charge is -2.39. The molecule has 1 aliphatic carbocycles. The first-order valence-electron chi connectivity index (χ1n) is 17.9. The third-order valence-electron chi connectivity index (χ3n) is 11.0. The van der Waals surface area contributed by atoms with Crippen LogP contribution < -0.4 is 5.32 Å². The van der Waals surface area contributed by atoms with Gasteiger partial charge >= 0.3 is 5.97 Å². The first-order valence-corrected chi connectivity index (χ1v) is 17.9. The Balaban J connectivity index is 1.22. The number of benzene rings is 2. The van der Waals surface area contributed by atoms with Gasteiger partial charge in [-0.3, -0.25) is 19.6 Å². The van der Waals surface area contributed by atoms with E-state index in [-0.39, 0.29) is 17.9 Å². The standard InChI is InChI=1S/C41H41N7O4/c1-25-6-3-4-7-32(25)33-8-5-13-41(26(33)2,46-38-36-34(10-15-44-38)28(9-14-43-36)22-48-17-12-31(49)24-48)40-45-35-19-27(18-30(20-42)37(35)52-40)21-47-16-11-29(23-47)39(50)51/h3-10,13-15,18-19,26,29,31,49H,11-12,16-17,21-24H2,1-2H3,(H,44,46)(H,50,51)/t26?,29-,31+,41?/m1/s1. The number of likely N-dealkylation sites (tertiary alicyclic amines) is 2. The second kappa shape index (κ2) is 13.6. The molecule has 0 radical (unpaired) electrons. The fourth-order valence-electron chi connectivity index (χ4n) is 8.15. The van der Waals surface area contributed by atoms with Gasteiger partial charge in [-0.1, -0.05) is 43.3 Å². The minimum atomic E-state index is -1.03. The number of aliphatic carboxylic acids is 1. The van der Waals surface area contributed by atoms with E-state index < -0.39 is 11.5 Å². The number of nitrogens with one attached hydrogen (secondary N) is 1. The highest BCUT2D eigenvalue weighted by Gasteiger charge is 2.45. The summed E-state index contributed by atoms with van der Waals surface area (Å²) in [6.45, 7) is 8.09. The molecule has 3 aromatic heterocycles. The Morgan fingerprint density at radius 2 is 1.88 bits per heavy atom. The molecule has 2 saturated heterocycles. The smallest absolute Gasteiger partial charge is 0.307 e. The highest BCUT2D eigenvalue weighted by Crippen LogP contribution is 2.46. The number of β-amino-alcohol motifs (C(OH)–C–C–N with tert-alkyl or cyclic N) is 1. The summed E-state index contributed by atoms with van der Waals surface area (Å²) in [7, 11) is 0. The van der Waals surface area contributed by atoms with Crippen molar-refractivity contribution in [1.82, 2.24) is 24.8 Å². The minimum absolute atomic E-state index is 0.208. The van der Waals surface area contributed by atoms with Crippen LogP contribution >= 0.6 is 0 Å². The molecule has 0 saturated carbocycles. The third-order valence-corrected chi connectivity index (χ3v) is 11.0. The number of aromatic nitrogens is 3. The summed E-state index contributed by atoms with van der Waals surface area (Å²) in [5.74, 6) is -0.399. The number of aliphatic hydroxyl groups is 1. The molecule has 264 valence electrons. The maximum absolute atomic E-state index is 11.6. The van der Waals surface area contributed by atoms with Gasteiger partial charge in [-0.15, -0.1) is 0 Å². The van der Waals surface area contributed by atoms with Gasteiger partial charge in [0, 0.05) is 56.4 Å². The van der Waals surface area contributed by atoms with Crippen LogP contribution in [0, 0.1) is 30.1 Å². The van der Waals surface area contributed by atoms with Gasteiger partial charge in [0.05, 0.1) is 17.6 Å². The van der Waals surface area contributed by atoms with E-state index in [1.807, 2.05) is 48.7 Å². The van der Waals surface area contributed by atoms with Crippen molar-refractivity contribution in [3.8, 4) is 6.07 Å². The zero-order chi connectivity index (χ0) is 36.0. The molecule has 0 bridgehead atoms. The van der Waals surface area contributed by atoms with Crippen LogP contribution in [-0.2, 0) is 23.4 Å². The van der Waals surface area contributed by atoms with Crippen molar-refractivity contribution in [3.05, 3.63) is 113 Å². The average molecular weight is 696 g/mol. The van der Waals surface area contributed by atoms with Crippen LogP contribution in [0.25, 0.3) is 27.6 Å². The number of nitriles is 1. The van der Waals surface area contributed by atoms with E-state index >= 15 is 0 Å². The van der Waals surface area contributed by atoms with E-state index in [9.17, 15) is 20.3 Å². The number of aryl methyl sites for hydroxylation is 1. The number of fused-ring (bicyclic) bond motifs is 2. The number of carboxylic acids is 1. The van der Waals surface area contributed by atoms with Crippen LogP contribution in [0.2, 0.25) is 0 Å². The molecule has 2 aliphatic heterocycles. The first-order chi connectivity index (χ1) is 25.2. The number of oxazole rings is 1. The van der Waals surface area contributed by atoms with Gasteiger partial charge in [0.1, 0.15) is 22.6 Å². The van der Waals surface area contributed by atoms with Gasteiger partial charge in [-0.2, -0.15) is 5.26 Å². The topological polar surface area (TPSA) is 152 Å². The Morgan fingerprint density at radius 1 is 1.08 bits per heavy atom. The van der Waals surface area contributed by atoms with Crippen LogP contribution in [0.15, 0.2) is 83.6 Å². The summed E-state index contributed by atoms with van der Waals surface area (Å²) in [4.78, 5) is 30.7. The van der Waals surface area contributed by atoms with Crippen LogP contribution in [0.1, 0.15) is 53.5 Å².